The van der Waals surface area contributed by atoms with Crippen molar-refractivity contribution < 1.29 is 24.2 Å². The van der Waals surface area contributed by atoms with Gasteiger partial charge in [-0.05, 0) is 74.0 Å². The molecular weight excluding hydrogens is 636 g/mol. The predicted molar refractivity (Wildman–Crippen MR) is 182 cm³/mol. The Hall–Kier alpha value is -3.74. The summed E-state index contributed by atoms with van der Waals surface area (Å²) < 4.78 is 8.33. The van der Waals surface area contributed by atoms with Gasteiger partial charge in [0.25, 0.3) is 11.5 Å². The Morgan fingerprint density at radius 2 is 1.89 bits per heavy atom. The first-order chi connectivity index (χ1) is 22.4. The minimum absolute atomic E-state index is 0.00865. The van der Waals surface area contributed by atoms with E-state index in [1.165, 1.54) is 4.68 Å². The fourth-order valence-electron chi connectivity index (χ4n) is 8.27. The molecule has 47 heavy (non-hydrogen) atoms. The van der Waals surface area contributed by atoms with Crippen LogP contribution in [0.15, 0.2) is 71.5 Å². The van der Waals surface area contributed by atoms with Crippen LogP contribution in [0.2, 0.25) is 23.7 Å². The number of hydrogen-bond donors (Lipinski definition) is 3. The maximum atomic E-state index is 14.8. The Bertz CT molecular complexity index is 1940. The zero-order valence-electron chi connectivity index (χ0n) is 26.6. The molecule has 7 rings (SSSR count). The van der Waals surface area contributed by atoms with Crippen molar-refractivity contribution in [2.75, 3.05) is 18.1 Å². The van der Waals surface area contributed by atoms with Crippen LogP contribution in [0.25, 0.3) is 16.6 Å². The number of rotatable bonds is 7. The maximum absolute atomic E-state index is 14.8. The van der Waals surface area contributed by atoms with E-state index in [0.717, 1.165) is 23.9 Å². The number of anilines is 1. The van der Waals surface area contributed by atoms with Crippen molar-refractivity contribution in [3.63, 3.8) is 0 Å². The second kappa shape index (κ2) is 11.7. The van der Waals surface area contributed by atoms with Crippen molar-refractivity contribution in [2.24, 2.45) is 5.92 Å². The highest BCUT2D eigenvalue weighted by atomic mass is 35.5. The molecule has 1 aromatic heterocycles. The zero-order chi connectivity index (χ0) is 33.2. The summed E-state index contributed by atoms with van der Waals surface area (Å²) >= 11 is 6.54. The van der Waals surface area contributed by atoms with Crippen LogP contribution >= 0.6 is 11.6 Å². The standard InChI is InChI=1S/C35H39ClN4O6Si/c1-21-32(47(2,3)45)30(18-31(42)38-15-7-10-25(38)20-41)46-35(21)27-17-23(36)13-14-29(27)39(34(35)44)19-22-8-6-9-24(16-22)40-33(43)26-11-4-5-12-28(26)37-40/h4-6,8-9,11-14,16-17,21,25,30,32,37,41,45H,7,10,15,18-20H2,1-3H3/t21-,25-,30+,32-,35+/m0/s1. The van der Waals surface area contributed by atoms with E-state index in [2.05, 4.69) is 5.10 Å². The number of aliphatic hydroxyl groups is 1. The molecule has 4 aromatic rings. The summed E-state index contributed by atoms with van der Waals surface area (Å²) in [5.74, 6) is -0.870. The van der Waals surface area contributed by atoms with Gasteiger partial charge in [-0.25, -0.2) is 4.68 Å². The van der Waals surface area contributed by atoms with Gasteiger partial charge in [-0.2, -0.15) is 0 Å². The number of hydrogen-bond acceptors (Lipinski definition) is 6. The minimum Gasteiger partial charge on any atom is -0.432 e. The van der Waals surface area contributed by atoms with Crippen molar-refractivity contribution >= 4 is 48.3 Å². The van der Waals surface area contributed by atoms with E-state index in [4.69, 9.17) is 16.3 Å². The van der Waals surface area contributed by atoms with E-state index < -0.39 is 31.5 Å². The van der Waals surface area contributed by atoms with Gasteiger partial charge >= 0.3 is 0 Å². The average Bonchev–Trinajstić information content (AvgIpc) is 3.78. The molecule has 3 aliphatic heterocycles. The van der Waals surface area contributed by atoms with Gasteiger partial charge in [0.2, 0.25) is 5.91 Å². The number of nitrogens with one attached hydrogen (secondary N) is 1. The zero-order valence-corrected chi connectivity index (χ0v) is 28.4. The molecule has 2 saturated heterocycles. The lowest BCUT2D eigenvalue weighted by atomic mass is 9.82. The highest BCUT2D eigenvalue weighted by Gasteiger charge is 2.66. The van der Waals surface area contributed by atoms with Crippen LogP contribution in [0.3, 0.4) is 0 Å². The number of nitrogens with zero attached hydrogens (tertiary/aromatic N) is 3. The van der Waals surface area contributed by atoms with Gasteiger partial charge in [0.1, 0.15) is 0 Å². The van der Waals surface area contributed by atoms with Gasteiger partial charge < -0.3 is 24.4 Å². The summed E-state index contributed by atoms with van der Waals surface area (Å²) in [7, 11) is -2.99. The first kappa shape index (κ1) is 31.8. The summed E-state index contributed by atoms with van der Waals surface area (Å²) in [6.07, 6.45) is 0.876. The van der Waals surface area contributed by atoms with Gasteiger partial charge in [0, 0.05) is 28.6 Å². The fraction of sp³-hybridized carbons (Fsp3) is 0.400. The van der Waals surface area contributed by atoms with E-state index in [1.54, 1.807) is 28.0 Å². The third-order valence-electron chi connectivity index (χ3n) is 10.3. The number of aromatic amines is 1. The third-order valence-corrected chi connectivity index (χ3v) is 13.1. The number of ether oxygens (including phenoxy) is 1. The number of amides is 2. The quantitative estimate of drug-likeness (QED) is 0.244. The molecule has 0 aliphatic carbocycles. The van der Waals surface area contributed by atoms with Crippen LogP contribution in [0, 0.1) is 5.92 Å². The number of carbonyl (C=O) groups is 2. The molecule has 1 spiro atoms. The molecule has 0 saturated carbocycles. The van der Waals surface area contributed by atoms with Crippen LogP contribution in [0.1, 0.15) is 37.3 Å². The Morgan fingerprint density at radius 1 is 1.11 bits per heavy atom. The Kier molecular flexibility index (Phi) is 7.96. The topological polar surface area (TPSA) is 128 Å². The number of aromatic nitrogens is 2. The van der Waals surface area contributed by atoms with Crippen molar-refractivity contribution in [3.05, 3.63) is 93.2 Å². The highest BCUT2D eigenvalue weighted by Crippen LogP contribution is 2.60. The number of para-hydroxylation sites is 1. The SMILES string of the molecule is C[C@H]1[C@H]([Si](C)(C)O)[C@@H](CC(=O)N2CCC[C@H]2CO)O[C@]12C(=O)N(Cc1cccc(-n3[nH]c4ccccc4c3=O)c1)c1ccc(Cl)cc12. The number of H-pyrrole nitrogens is 1. The molecule has 3 aromatic carbocycles. The number of aliphatic hydroxyl groups excluding tert-OH is 1. The highest BCUT2D eigenvalue weighted by molar-refractivity contribution is 6.71. The molecule has 2 amide bonds. The first-order valence-electron chi connectivity index (χ1n) is 16.2. The minimum atomic E-state index is -2.99. The molecule has 5 atom stereocenters. The maximum Gasteiger partial charge on any atom is 0.279 e. The molecule has 4 heterocycles. The average molecular weight is 675 g/mol. The van der Waals surface area contributed by atoms with Crippen LogP contribution in [-0.4, -0.2) is 70.0 Å². The summed E-state index contributed by atoms with van der Waals surface area (Å²) in [4.78, 5) is 56.5. The van der Waals surface area contributed by atoms with Crippen molar-refractivity contribution in [1.82, 2.24) is 14.7 Å². The Labute approximate surface area is 278 Å². The largest absolute Gasteiger partial charge is 0.432 e. The van der Waals surface area contributed by atoms with Gasteiger partial charge in [-0.15, -0.1) is 0 Å². The monoisotopic (exact) mass is 674 g/mol. The molecule has 10 nitrogen and oxygen atoms in total. The summed E-state index contributed by atoms with van der Waals surface area (Å²) in [5.41, 5.74) is 1.41. The van der Waals surface area contributed by atoms with Crippen molar-refractivity contribution in [2.45, 2.75) is 69.1 Å². The van der Waals surface area contributed by atoms with Gasteiger partial charge in [-0.1, -0.05) is 42.8 Å². The van der Waals surface area contributed by atoms with Gasteiger partial charge in [0.15, 0.2) is 13.9 Å². The summed E-state index contributed by atoms with van der Waals surface area (Å²) in [6, 6.07) is 19.9. The van der Waals surface area contributed by atoms with E-state index in [0.29, 0.717) is 33.9 Å². The lowest BCUT2D eigenvalue weighted by molar-refractivity contribution is -0.150. The molecule has 0 unspecified atom stereocenters. The smallest absolute Gasteiger partial charge is 0.279 e. The molecule has 2 fully saturated rings. The van der Waals surface area contributed by atoms with Crippen molar-refractivity contribution in [3.8, 4) is 5.69 Å². The van der Waals surface area contributed by atoms with Crippen molar-refractivity contribution in [1.29, 1.82) is 0 Å². The number of likely N-dealkylation sites (tertiary alicyclic amines) is 1. The summed E-state index contributed by atoms with van der Waals surface area (Å²) in [6.45, 7) is 6.26. The molecule has 3 N–H and O–H groups in total. The number of halogens is 1. The molecule has 12 heteroatoms. The molecule has 3 aliphatic rings. The van der Waals surface area contributed by atoms with Gasteiger partial charge in [0.05, 0.1) is 54.0 Å². The lowest BCUT2D eigenvalue weighted by Crippen LogP contribution is -2.46. The van der Waals surface area contributed by atoms with Crippen LogP contribution in [-0.2, 0) is 26.5 Å². The molecule has 0 radical (unpaired) electrons. The van der Waals surface area contributed by atoms with Gasteiger partial charge in [-0.3, -0.25) is 19.5 Å². The summed E-state index contributed by atoms with van der Waals surface area (Å²) in [5, 5.41) is 14.1. The predicted octanol–water partition coefficient (Wildman–Crippen LogP) is 4.69. The van der Waals surface area contributed by atoms with E-state index in [-0.39, 0.29) is 43.0 Å². The van der Waals surface area contributed by atoms with E-state index >= 15 is 0 Å². The number of carbonyl (C=O) groups excluding carboxylic acids is 2. The Balaban J connectivity index is 1.24. The molecular formula is C35H39ClN4O6Si. The number of fused-ring (bicyclic) bond motifs is 3. The van der Waals surface area contributed by atoms with Crippen LogP contribution in [0.4, 0.5) is 5.69 Å². The Morgan fingerprint density at radius 3 is 2.64 bits per heavy atom. The fourth-order valence-corrected chi connectivity index (χ4v) is 11.0. The molecule has 0 bridgehead atoms. The van der Waals surface area contributed by atoms with Crippen LogP contribution < -0.4 is 10.5 Å². The van der Waals surface area contributed by atoms with E-state index in [1.807, 2.05) is 68.5 Å². The van der Waals surface area contributed by atoms with Crippen LogP contribution in [0.5, 0.6) is 0 Å². The third kappa shape index (κ3) is 5.16. The first-order valence-corrected chi connectivity index (χ1v) is 19.6. The normalized spacial score (nSPS) is 25.8. The second-order valence-electron chi connectivity index (χ2n) is 13.7. The van der Waals surface area contributed by atoms with E-state index in [9.17, 15) is 24.3 Å². The number of benzene rings is 3. The lowest BCUT2D eigenvalue weighted by Gasteiger charge is -2.32. The second-order valence-corrected chi connectivity index (χ2v) is 18.1. The molecule has 246 valence electrons.